The Labute approximate surface area is 259 Å². The molecule has 1 aromatic heterocycles. The third-order valence-electron chi connectivity index (χ3n) is 7.84. The van der Waals surface area contributed by atoms with Crippen LogP contribution in [0.2, 0.25) is 0 Å². The number of phenolic OH excluding ortho intramolecular Hbond substituents is 2. The monoisotopic (exact) mass is 654 g/mol. The Hall–Kier alpha value is -3.75. The van der Waals surface area contributed by atoms with Gasteiger partial charge in [0.2, 0.25) is 17.5 Å². The number of ether oxygens (including phenoxy) is 6. The van der Waals surface area contributed by atoms with Gasteiger partial charge in [0.25, 0.3) is 0 Å². The molecule has 2 saturated heterocycles. The minimum absolute atomic E-state index is 0.0184. The third-order valence-corrected chi connectivity index (χ3v) is 7.84. The normalized spacial score (nSPS) is 31.5. The van der Waals surface area contributed by atoms with Crippen LogP contribution in [0.15, 0.2) is 39.7 Å². The van der Waals surface area contributed by atoms with Gasteiger partial charge in [-0.25, -0.2) is 0 Å². The highest BCUT2D eigenvalue weighted by atomic mass is 16.7. The summed E-state index contributed by atoms with van der Waals surface area (Å²) in [5, 5.41) is 91.9. The molecule has 0 bridgehead atoms. The van der Waals surface area contributed by atoms with E-state index < -0.39 is 91.6 Å². The molecule has 0 radical (unpaired) electrons. The minimum atomic E-state index is -1.82. The van der Waals surface area contributed by atoms with Gasteiger partial charge in [0.05, 0.1) is 33.0 Å². The zero-order valence-electron chi connectivity index (χ0n) is 24.4. The molecule has 46 heavy (non-hydrogen) atoms. The standard InChI is InChI=1S/C29H34O17/c1-40-15-6-14-18(27(41-2)22(15)35)19(32)11(8-42-14)10-3-4-13(12(31)5-10)44-29-26(39)24(37)21(34)17(46-29)9-43-28-25(38)23(36)20(33)16(7-30)45-28/h3-6,8,16-17,20-21,23-26,28-31,33-39H,7,9H2,1-2H3/t16-,17+,20-,21+,23-,24-,25+,26+,28-,29+/m1/s1. The quantitative estimate of drug-likeness (QED) is 0.119. The van der Waals surface area contributed by atoms with Gasteiger partial charge >= 0.3 is 0 Å². The Balaban J connectivity index is 1.34. The van der Waals surface area contributed by atoms with Crippen molar-refractivity contribution in [2.75, 3.05) is 27.4 Å². The lowest BCUT2D eigenvalue weighted by atomic mass is 9.98. The van der Waals surface area contributed by atoms with Crippen molar-refractivity contribution in [1.29, 1.82) is 0 Å². The lowest BCUT2D eigenvalue weighted by Crippen LogP contribution is -2.62. The maximum absolute atomic E-state index is 13.4. The zero-order chi connectivity index (χ0) is 33.4. The topological polar surface area (TPSA) is 268 Å². The molecule has 2 fully saturated rings. The number of phenols is 2. The number of fused-ring (bicyclic) bond motifs is 1. The fraction of sp³-hybridized carbons (Fsp3) is 0.483. The fourth-order valence-electron chi connectivity index (χ4n) is 5.23. The molecule has 2 aromatic carbocycles. The molecule has 17 heteroatoms. The first kappa shape index (κ1) is 33.6. The lowest BCUT2D eigenvalue weighted by Gasteiger charge is -2.42. The largest absolute Gasteiger partial charge is 0.504 e. The summed E-state index contributed by atoms with van der Waals surface area (Å²) in [4.78, 5) is 13.4. The van der Waals surface area contributed by atoms with Gasteiger partial charge in [0.15, 0.2) is 29.3 Å². The lowest BCUT2D eigenvalue weighted by molar-refractivity contribution is -0.323. The SMILES string of the molecule is COc1cc2occ(-c3ccc(O[C@H]4O[C@@H](CO[C@@H]5O[C@H](CO)[C@@H](O)[C@@H](O)[C@@H]5O)[C@H](O)[C@@H](O)[C@@H]4O)c(O)c3)c(=O)c2c(OC)c1O. The predicted molar refractivity (Wildman–Crippen MR) is 151 cm³/mol. The van der Waals surface area contributed by atoms with Crippen molar-refractivity contribution in [3.63, 3.8) is 0 Å². The van der Waals surface area contributed by atoms with Gasteiger partial charge in [0, 0.05) is 6.07 Å². The molecule has 17 nitrogen and oxygen atoms in total. The van der Waals surface area contributed by atoms with Crippen LogP contribution in [0, 0.1) is 0 Å². The van der Waals surface area contributed by atoms with E-state index in [2.05, 4.69) is 0 Å². The summed E-state index contributed by atoms with van der Waals surface area (Å²) in [6.07, 6.45) is -15.2. The van der Waals surface area contributed by atoms with Gasteiger partial charge < -0.3 is 78.8 Å². The summed E-state index contributed by atoms with van der Waals surface area (Å²) in [5.41, 5.74) is -0.382. The van der Waals surface area contributed by atoms with Crippen LogP contribution in [-0.2, 0) is 14.2 Å². The van der Waals surface area contributed by atoms with E-state index in [9.17, 15) is 50.8 Å². The minimum Gasteiger partial charge on any atom is -0.504 e. The average Bonchev–Trinajstić information content (AvgIpc) is 3.05. The number of aliphatic hydroxyl groups is 7. The second-order valence-corrected chi connectivity index (χ2v) is 10.7. The number of methoxy groups -OCH3 is 2. The first-order chi connectivity index (χ1) is 21.9. The van der Waals surface area contributed by atoms with Crippen LogP contribution in [0.1, 0.15) is 0 Å². The molecule has 0 saturated carbocycles. The molecule has 0 aliphatic carbocycles. The number of hydrogen-bond donors (Lipinski definition) is 9. The molecular formula is C29H34O17. The molecule has 3 heterocycles. The third kappa shape index (κ3) is 6.05. The van der Waals surface area contributed by atoms with Crippen LogP contribution < -0.4 is 19.6 Å². The molecule has 10 atom stereocenters. The molecular weight excluding hydrogens is 620 g/mol. The Kier molecular flexibility index (Phi) is 9.89. The molecule has 252 valence electrons. The Bertz CT molecular complexity index is 1590. The van der Waals surface area contributed by atoms with Crippen molar-refractivity contribution in [1.82, 2.24) is 0 Å². The molecule has 0 amide bonds. The van der Waals surface area contributed by atoms with E-state index in [4.69, 9.17) is 32.8 Å². The van der Waals surface area contributed by atoms with Crippen LogP contribution in [0.5, 0.6) is 28.7 Å². The van der Waals surface area contributed by atoms with Crippen LogP contribution in [0.25, 0.3) is 22.1 Å². The van der Waals surface area contributed by atoms with Crippen LogP contribution in [0.3, 0.4) is 0 Å². The number of aromatic hydroxyl groups is 2. The number of aliphatic hydroxyl groups excluding tert-OH is 7. The fourth-order valence-corrected chi connectivity index (χ4v) is 5.23. The van der Waals surface area contributed by atoms with E-state index in [1.807, 2.05) is 0 Å². The highest BCUT2D eigenvalue weighted by Gasteiger charge is 2.48. The van der Waals surface area contributed by atoms with Gasteiger partial charge in [-0.15, -0.1) is 0 Å². The van der Waals surface area contributed by atoms with Crippen molar-refractivity contribution in [2.24, 2.45) is 0 Å². The second kappa shape index (κ2) is 13.5. The Morgan fingerprint density at radius 2 is 1.43 bits per heavy atom. The molecule has 2 aliphatic heterocycles. The van der Waals surface area contributed by atoms with Crippen molar-refractivity contribution in [2.45, 2.75) is 61.4 Å². The van der Waals surface area contributed by atoms with Gasteiger partial charge in [-0.1, -0.05) is 6.07 Å². The van der Waals surface area contributed by atoms with E-state index >= 15 is 0 Å². The number of hydrogen-bond acceptors (Lipinski definition) is 17. The van der Waals surface area contributed by atoms with E-state index in [-0.39, 0.29) is 39.3 Å². The molecule has 5 rings (SSSR count). The number of rotatable bonds is 9. The summed E-state index contributed by atoms with van der Waals surface area (Å²) >= 11 is 0. The first-order valence-electron chi connectivity index (χ1n) is 13.9. The van der Waals surface area contributed by atoms with Gasteiger partial charge in [0.1, 0.15) is 66.1 Å². The zero-order valence-corrected chi connectivity index (χ0v) is 24.4. The Morgan fingerprint density at radius 1 is 0.783 bits per heavy atom. The van der Waals surface area contributed by atoms with E-state index in [0.717, 1.165) is 12.3 Å². The average molecular weight is 655 g/mol. The molecule has 9 N–H and O–H groups in total. The summed E-state index contributed by atoms with van der Waals surface area (Å²) < 4.78 is 37.7. The Morgan fingerprint density at radius 3 is 2.07 bits per heavy atom. The van der Waals surface area contributed by atoms with Gasteiger partial charge in [-0.2, -0.15) is 0 Å². The summed E-state index contributed by atoms with van der Waals surface area (Å²) in [7, 11) is 2.57. The maximum Gasteiger partial charge on any atom is 0.229 e. The molecule has 0 spiro atoms. The first-order valence-corrected chi connectivity index (χ1v) is 13.9. The highest BCUT2D eigenvalue weighted by Crippen LogP contribution is 2.42. The van der Waals surface area contributed by atoms with Crippen LogP contribution >= 0.6 is 0 Å². The van der Waals surface area contributed by atoms with Gasteiger partial charge in [-0.3, -0.25) is 4.79 Å². The van der Waals surface area contributed by atoms with E-state index in [0.29, 0.717) is 0 Å². The second-order valence-electron chi connectivity index (χ2n) is 10.7. The van der Waals surface area contributed by atoms with Crippen molar-refractivity contribution >= 4 is 11.0 Å². The molecule has 2 aliphatic rings. The molecule has 0 unspecified atom stereocenters. The number of benzene rings is 2. The molecule has 3 aromatic rings. The van der Waals surface area contributed by atoms with Crippen LogP contribution in [0.4, 0.5) is 0 Å². The highest BCUT2D eigenvalue weighted by molar-refractivity contribution is 5.91. The maximum atomic E-state index is 13.4. The summed E-state index contributed by atoms with van der Waals surface area (Å²) in [6, 6.07) is 5.09. The van der Waals surface area contributed by atoms with E-state index in [1.54, 1.807) is 0 Å². The van der Waals surface area contributed by atoms with Crippen LogP contribution in [-0.4, -0.2) is 135 Å². The predicted octanol–water partition coefficient (Wildman–Crippen LogP) is -2.11. The van der Waals surface area contributed by atoms with Gasteiger partial charge in [-0.05, 0) is 17.7 Å². The van der Waals surface area contributed by atoms with Crippen molar-refractivity contribution in [3.8, 4) is 39.9 Å². The van der Waals surface area contributed by atoms with Crippen molar-refractivity contribution < 1.29 is 78.8 Å². The smallest absolute Gasteiger partial charge is 0.229 e. The summed E-state index contributed by atoms with van der Waals surface area (Å²) in [5.74, 6) is -1.35. The summed E-state index contributed by atoms with van der Waals surface area (Å²) in [6.45, 7) is -1.28. The van der Waals surface area contributed by atoms with E-state index in [1.165, 1.54) is 32.4 Å². The van der Waals surface area contributed by atoms with Crippen molar-refractivity contribution in [3.05, 3.63) is 40.8 Å².